The summed E-state index contributed by atoms with van der Waals surface area (Å²) >= 11 is 3.44. The van der Waals surface area contributed by atoms with E-state index in [0.29, 0.717) is 18.2 Å². The summed E-state index contributed by atoms with van der Waals surface area (Å²) in [4.78, 5) is 4.55. The molecule has 0 saturated heterocycles. The maximum absolute atomic E-state index is 13.1. The fourth-order valence-electron chi connectivity index (χ4n) is 3.35. The smallest absolute Gasteiger partial charge is 0.242 e. The highest BCUT2D eigenvalue weighted by atomic mass is 79.9. The average molecular weight is 520 g/mol. The number of nitrogens with one attached hydrogen (secondary N) is 2. The molecule has 3 rings (SSSR count). The van der Waals surface area contributed by atoms with Gasteiger partial charge in [-0.25, -0.2) is 13.1 Å². The minimum absolute atomic E-state index is 0.196. The highest BCUT2D eigenvalue weighted by Gasteiger charge is 2.20. The summed E-state index contributed by atoms with van der Waals surface area (Å²) in [5.74, 6) is 0.465. The third kappa shape index (κ3) is 6.63. The van der Waals surface area contributed by atoms with Crippen LogP contribution in [0.3, 0.4) is 0 Å². The van der Waals surface area contributed by atoms with Crippen LogP contribution in [-0.4, -0.2) is 29.7 Å². The fourth-order valence-corrected chi connectivity index (χ4v) is 4.88. The van der Waals surface area contributed by atoms with Gasteiger partial charge in [0.1, 0.15) is 4.90 Å². The van der Waals surface area contributed by atoms with Gasteiger partial charge in [0.25, 0.3) is 0 Å². The molecule has 0 unspecified atom stereocenters. The summed E-state index contributed by atoms with van der Waals surface area (Å²) in [6.45, 7) is 7.85. The summed E-state index contributed by atoms with van der Waals surface area (Å²) in [5.41, 5.74) is 3.44. The molecule has 0 aliphatic heterocycles. The van der Waals surface area contributed by atoms with Gasteiger partial charge in [-0.3, -0.25) is 9.67 Å². The van der Waals surface area contributed by atoms with Crippen LogP contribution in [0, 0.1) is 12.8 Å². The minimum Gasteiger partial charge on any atom is -0.384 e. The van der Waals surface area contributed by atoms with Crippen LogP contribution in [0.1, 0.15) is 37.2 Å². The lowest BCUT2D eigenvalue weighted by Gasteiger charge is -2.14. The number of rotatable bonds is 11. The number of halogens is 1. The maximum atomic E-state index is 13.1. The highest BCUT2D eigenvalue weighted by Crippen LogP contribution is 2.26. The number of aryl methyl sites for hydroxylation is 1. The molecule has 0 spiro atoms. The van der Waals surface area contributed by atoms with E-state index in [4.69, 9.17) is 0 Å². The first-order valence-corrected chi connectivity index (χ1v) is 13.0. The molecule has 9 heteroatoms. The molecule has 2 N–H and O–H groups in total. The van der Waals surface area contributed by atoms with E-state index >= 15 is 0 Å². The van der Waals surface area contributed by atoms with E-state index in [1.165, 1.54) is 0 Å². The van der Waals surface area contributed by atoms with Crippen LogP contribution in [0.5, 0.6) is 0 Å². The van der Waals surface area contributed by atoms with Crippen molar-refractivity contribution in [2.75, 3.05) is 11.9 Å². The van der Waals surface area contributed by atoms with Crippen molar-refractivity contribution < 1.29 is 8.42 Å². The lowest BCUT2D eigenvalue weighted by molar-refractivity contribution is 0.474. The van der Waals surface area contributed by atoms with Crippen molar-refractivity contribution in [2.45, 2.75) is 51.6 Å². The molecule has 0 bridgehead atoms. The molecule has 0 amide bonds. The van der Waals surface area contributed by atoms with E-state index in [-0.39, 0.29) is 11.4 Å². The van der Waals surface area contributed by atoms with Crippen molar-refractivity contribution in [1.82, 2.24) is 19.5 Å². The maximum Gasteiger partial charge on any atom is 0.242 e. The summed E-state index contributed by atoms with van der Waals surface area (Å²) in [6, 6.07) is 11.0. The zero-order valence-corrected chi connectivity index (χ0v) is 21.1. The van der Waals surface area contributed by atoms with Crippen LogP contribution in [0.4, 0.5) is 5.69 Å². The Kier molecular flexibility index (Phi) is 8.44. The monoisotopic (exact) mass is 519 g/mol. The number of aromatic nitrogens is 3. The summed E-state index contributed by atoms with van der Waals surface area (Å²) < 4.78 is 31.6. The SMILES string of the molecule is Cc1c(CNS(=O)(=O)c2ccc(Br)cc2NCCCc2ccccn2)cnn1CC(C)C. The Morgan fingerprint density at radius 1 is 1.19 bits per heavy atom. The van der Waals surface area contributed by atoms with Gasteiger partial charge in [-0.1, -0.05) is 35.8 Å². The zero-order valence-electron chi connectivity index (χ0n) is 18.7. The van der Waals surface area contributed by atoms with Gasteiger partial charge in [0, 0.05) is 47.3 Å². The first kappa shape index (κ1) is 24.4. The van der Waals surface area contributed by atoms with Gasteiger partial charge in [-0.15, -0.1) is 0 Å². The van der Waals surface area contributed by atoms with Crippen LogP contribution < -0.4 is 10.0 Å². The van der Waals surface area contributed by atoms with Crippen molar-refractivity contribution in [1.29, 1.82) is 0 Å². The van der Waals surface area contributed by atoms with E-state index in [9.17, 15) is 8.42 Å². The lowest BCUT2D eigenvalue weighted by Crippen LogP contribution is -2.24. The van der Waals surface area contributed by atoms with E-state index in [1.54, 1.807) is 30.6 Å². The molecular weight excluding hydrogens is 490 g/mol. The molecule has 2 heterocycles. The second kappa shape index (κ2) is 11.1. The molecule has 0 fully saturated rings. The first-order chi connectivity index (χ1) is 15.3. The van der Waals surface area contributed by atoms with Crippen LogP contribution in [0.2, 0.25) is 0 Å². The number of benzene rings is 1. The Balaban J connectivity index is 1.66. The van der Waals surface area contributed by atoms with E-state index < -0.39 is 10.0 Å². The van der Waals surface area contributed by atoms with Crippen molar-refractivity contribution in [3.05, 3.63) is 70.2 Å². The Morgan fingerprint density at radius 2 is 2.00 bits per heavy atom. The van der Waals surface area contributed by atoms with Crippen molar-refractivity contribution in [3.63, 3.8) is 0 Å². The molecule has 0 aliphatic rings. The Labute approximate surface area is 198 Å². The van der Waals surface area contributed by atoms with E-state index in [1.807, 2.05) is 29.8 Å². The molecular formula is C23H30BrN5O2S. The van der Waals surface area contributed by atoms with Crippen molar-refractivity contribution in [3.8, 4) is 0 Å². The Hall–Kier alpha value is -2.23. The number of hydrogen-bond donors (Lipinski definition) is 2. The van der Waals surface area contributed by atoms with Crippen LogP contribution >= 0.6 is 15.9 Å². The van der Waals surface area contributed by atoms with Gasteiger partial charge in [-0.2, -0.15) is 5.10 Å². The average Bonchev–Trinajstić information content (AvgIpc) is 3.09. The molecule has 172 valence electrons. The summed E-state index contributed by atoms with van der Waals surface area (Å²) in [6.07, 6.45) is 5.17. The third-order valence-corrected chi connectivity index (χ3v) is 7.03. The fraction of sp³-hybridized carbons (Fsp3) is 0.391. The van der Waals surface area contributed by atoms with Gasteiger partial charge < -0.3 is 5.32 Å². The second-order valence-corrected chi connectivity index (χ2v) is 10.8. The van der Waals surface area contributed by atoms with Crippen LogP contribution in [0.25, 0.3) is 0 Å². The number of hydrogen-bond acceptors (Lipinski definition) is 5. The molecule has 7 nitrogen and oxygen atoms in total. The summed E-state index contributed by atoms with van der Waals surface area (Å²) in [7, 11) is -3.71. The molecule has 3 aromatic rings. The van der Waals surface area contributed by atoms with Crippen LogP contribution in [-0.2, 0) is 29.5 Å². The molecule has 0 aliphatic carbocycles. The normalized spacial score (nSPS) is 11.8. The Bertz CT molecular complexity index is 1130. The summed E-state index contributed by atoms with van der Waals surface area (Å²) in [5, 5.41) is 7.66. The lowest BCUT2D eigenvalue weighted by atomic mass is 10.2. The minimum atomic E-state index is -3.71. The molecule has 1 aromatic carbocycles. The largest absolute Gasteiger partial charge is 0.384 e. The highest BCUT2D eigenvalue weighted by molar-refractivity contribution is 9.10. The van der Waals surface area contributed by atoms with Crippen molar-refractivity contribution in [2.24, 2.45) is 5.92 Å². The van der Waals surface area contributed by atoms with Crippen LogP contribution in [0.15, 0.2) is 58.2 Å². The number of sulfonamides is 1. The van der Waals surface area contributed by atoms with Gasteiger partial charge in [0.2, 0.25) is 10.0 Å². The van der Waals surface area contributed by atoms with Gasteiger partial charge in [0.15, 0.2) is 0 Å². The predicted octanol–water partition coefficient (Wildman–Crippen LogP) is 4.53. The van der Waals surface area contributed by atoms with E-state index in [2.05, 4.69) is 49.9 Å². The third-order valence-electron chi connectivity index (χ3n) is 5.08. The predicted molar refractivity (Wildman–Crippen MR) is 131 cm³/mol. The van der Waals surface area contributed by atoms with E-state index in [0.717, 1.165) is 40.8 Å². The molecule has 0 atom stereocenters. The first-order valence-electron chi connectivity index (χ1n) is 10.7. The standard InChI is InChI=1S/C23H30BrN5O2S/c1-17(2)16-29-18(3)19(14-27-29)15-28-32(30,31)23-10-9-20(24)13-22(23)26-12-6-8-21-7-4-5-11-25-21/h4-5,7,9-11,13-14,17,26,28H,6,8,12,15-16H2,1-3H3. The van der Waals surface area contributed by atoms with Gasteiger partial charge >= 0.3 is 0 Å². The number of nitrogens with zero attached hydrogens (tertiary/aromatic N) is 3. The zero-order chi connectivity index (χ0) is 23.1. The Morgan fingerprint density at radius 3 is 2.72 bits per heavy atom. The van der Waals surface area contributed by atoms with Gasteiger partial charge in [-0.05, 0) is 56.0 Å². The molecule has 32 heavy (non-hydrogen) atoms. The number of pyridine rings is 1. The number of anilines is 1. The molecule has 0 radical (unpaired) electrons. The quantitative estimate of drug-likeness (QED) is 0.363. The second-order valence-electron chi connectivity index (χ2n) is 8.15. The molecule has 2 aromatic heterocycles. The topological polar surface area (TPSA) is 88.9 Å². The molecule has 0 saturated carbocycles. The van der Waals surface area contributed by atoms with Gasteiger partial charge in [0.05, 0.1) is 11.9 Å². The van der Waals surface area contributed by atoms with Crippen molar-refractivity contribution >= 4 is 31.6 Å².